The Bertz CT molecular complexity index is 468. The molecule has 2 aromatic rings. The van der Waals surface area contributed by atoms with E-state index >= 15 is 0 Å². The summed E-state index contributed by atoms with van der Waals surface area (Å²) in [5.74, 6) is 1.44. The Kier molecular flexibility index (Phi) is 2.58. The highest BCUT2D eigenvalue weighted by Gasteiger charge is 2.02. The van der Waals surface area contributed by atoms with Crippen LogP contribution >= 0.6 is 0 Å². The zero-order chi connectivity index (χ0) is 10.7. The topological polar surface area (TPSA) is 50.7 Å². The number of anilines is 1. The summed E-state index contributed by atoms with van der Waals surface area (Å²) >= 11 is 0. The van der Waals surface area contributed by atoms with Gasteiger partial charge in [-0.15, -0.1) is 0 Å². The lowest BCUT2D eigenvalue weighted by molar-refractivity contribution is 1.11. The Morgan fingerprint density at radius 3 is 2.73 bits per heavy atom. The summed E-state index contributed by atoms with van der Waals surface area (Å²) < 4.78 is 0. The van der Waals surface area contributed by atoms with Crippen molar-refractivity contribution in [3.05, 3.63) is 36.2 Å². The first-order valence-electron chi connectivity index (χ1n) is 4.74. The van der Waals surface area contributed by atoms with Gasteiger partial charge in [0.05, 0.1) is 0 Å². The van der Waals surface area contributed by atoms with Crippen molar-refractivity contribution in [3.63, 3.8) is 0 Å². The molecule has 0 amide bonds. The number of nitrogens with one attached hydrogen (secondary N) is 1. The van der Waals surface area contributed by atoms with Gasteiger partial charge in [0.2, 0.25) is 0 Å². The van der Waals surface area contributed by atoms with Crippen LogP contribution in [0.25, 0.3) is 11.5 Å². The van der Waals surface area contributed by atoms with Crippen LogP contribution in [0.4, 0.5) is 5.82 Å². The van der Waals surface area contributed by atoms with Crippen LogP contribution in [0.15, 0.2) is 30.5 Å². The standard InChI is InChI=1S/C11H12N4/c1-8-4-3-5-9(14-8)11-13-7-6-10(12-2)15-11/h3-7H,1-2H3,(H,12,13,15). The number of aryl methyl sites for hydroxylation is 1. The van der Waals surface area contributed by atoms with Gasteiger partial charge in [-0.05, 0) is 25.1 Å². The second-order valence-electron chi connectivity index (χ2n) is 3.18. The highest BCUT2D eigenvalue weighted by Crippen LogP contribution is 2.13. The molecule has 0 aliphatic heterocycles. The van der Waals surface area contributed by atoms with Crippen molar-refractivity contribution in [2.24, 2.45) is 0 Å². The fraction of sp³-hybridized carbons (Fsp3) is 0.182. The maximum atomic E-state index is 4.37. The highest BCUT2D eigenvalue weighted by atomic mass is 15.0. The smallest absolute Gasteiger partial charge is 0.180 e. The van der Waals surface area contributed by atoms with E-state index < -0.39 is 0 Å². The van der Waals surface area contributed by atoms with Gasteiger partial charge in [0.15, 0.2) is 5.82 Å². The monoisotopic (exact) mass is 200 g/mol. The Morgan fingerprint density at radius 1 is 1.13 bits per heavy atom. The third-order valence-electron chi connectivity index (χ3n) is 2.03. The van der Waals surface area contributed by atoms with E-state index in [2.05, 4.69) is 20.3 Å². The third kappa shape index (κ3) is 2.10. The molecule has 0 unspecified atom stereocenters. The van der Waals surface area contributed by atoms with Gasteiger partial charge in [-0.2, -0.15) is 0 Å². The Hall–Kier alpha value is -1.97. The van der Waals surface area contributed by atoms with Crippen LogP contribution < -0.4 is 5.32 Å². The molecule has 0 saturated carbocycles. The maximum absolute atomic E-state index is 4.37. The molecule has 0 fully saturated rings. The predicted octanol–water partition coefficient (Wildman–Crippen LogP) is 1.89. The van der Waals surface area contributed by atoms with E-state index in [1.165, 1.54) is 0 Å². The molecule has 2 rings (SSSR count). The summed E-state index contributed by atoms with van der Waals surface area (Å²) in [5.41, 5.74) is 1.76. The van der Waals surface area contributed by atoms with Crippen LogP contribution in [0.5, 0.6) is 0 Å². The van der Waals surface area contributed by atoms with Crippen molar-refractivity contribution >= 4 is 5.82 Å². The van der Waals surface area contributed by atoms with Crippen LogP contribution in [0.1, 0.15) is 5.69 Å². The first kappa shape index (κ1) is 9.58. The molecule has 0 aliphatic rings. The van der Waals surface area contributed by atoms with Crippen LogP contribution in [0, 0.1) is 6.92 Å². The third-order valence-corrected chi connectivity index (χ3v) is 2.03. The summed E-state index contributed by atoms with van der Waals surface area (Å²) in [6.45, 7) is 1.95. The van der Waals surface area contributed by atoms with Gasteiger partial charge in [0.25, 0.3) is 0 Å². The largest absolute Gasteiger partial charge is 0.373 e. The predicted molar refractivity (Wildman–Crippen MR) is 59.5 cm³/mol. The van der Waals surface area contributed by atoms with Gasteiger partial charge in [0.1, 0.15) is 11.5 Å². The number of pyridine rings is 1. The second-order valence-corrected chi connectivity index (χ2v) is 3.18. The first-order valence-corrected chi connectivity index (χ1v) is 4.74. The number of hydrogen-bond donors (Lipinski definition) is 1. The van der Waals surface area contributed by atoms with Gasteiger partial charge >= 0.3 is 0 Å². The van der Waals surface area contributed by atoms with Crippen molar-refractivity contribution in [1.29, 1.82) is 0 Å². The highest BCUT2D eigenvalue weighted by molar-refractivity contribution is 5.51. The van der Waals surface area contributed by atoms with Crippen LogP contribution in [-0.2, 0) is 0 Å². The summed E-state index contributed by atoms with van der Waals surface area (Å²) in [4.78, 5) is 12.9. The molecular formula is C11H12N4. The molecule has 0 saturated heterocycles. The van der Waals surface area contributed by atoms with Crippen LogP contribution in [0.3, 0.4) is 0 Å². The van der Waals surface area contributed by atoms with Crippen molar-refractivity contribution in [2.75, 3.05) is 12.4 Å². The van der Waals surface area contributed by atoms with E-state index in [1.54, 1.807) is 6.20 Å². The molecule has 0 radical (unpaired) electrons. The molecule has 2 aromatic heterocycles. The molecule has 4 heteroatoms. The summed E-state index contributed by atoms with van der Waals surface area (Å²) in [6.07, 6.45) is 1.72. The number of rotatable bonds is 2. The first-order chi connectivity index (χ1) is 7.29. The van der Waals surface area contributed by atoms with Gasteiger partial charge in [-0.25, -0.2) is 15.0 Å². The lowest BCUT2D eigenvalue weighted by Gasteiger charge is -2.02. The number of hydrogen-bond acceptors (Lipinski definition) is 4. The zero-order valence-electron chi connectivity index (χ0n) is 8.73. The van der Waals surface area contributed by atoms with E-state index in [0.717, 1.165) is 17.2 Å². The molecule has 4 nitrogen and oxygen atoms in total. The summed E-state index contributed by atoms with van der Waals surface area (Å²) in [7, 11) is 1.83. The normalized spacial score (nSPS) is 10.0. The minimum absolute atomic E-state index is 0.644. The summed E-state index contributed by atoms with van der Waals surface area (Å²) in [5, 5.41) is 2.97. The quantitative estimate of drug-likeness (QED) is 0.804. The molecule has 0 aliphatic carbocycles. The van der Waals surface area contributed by atoms with Crippen molar-refractivity contribution in [2.45, 2.75) is 6.92 Å². The average Bonchev–Trinajstić information content (AvgIpc) is 2.29. The zero-order valence-corrected chi connectivity index (χ0v) is 8.73. The van der Waals surface area contributed by atoms with Gasteiger partial charge in [-0.3, -0.25) is 0 Å². The van der Waals surface area contributed by atoms with Crippen molar-refractivity contribution in [3.8, 4) is 11.5 Å². The Morgan fingerprint density at radius 2 is 2.00 bits per heavy atom. The van der Waals surface area contributed by atoms with E-state index in [9.17, 15) is 0 Å². The maximum Gasteiger partial charge on any atom is 0.180 e. The lowest BCUT2D eigenvalue weighted by atomic mass is 10.3. The summed E-state index contributed by atoms with van der Waals surface area (Å²) in [6, 6.07) is 7.62. The molecule has 0 atom stereocenters. The van der Waals surface area contributed by atoms with Gasteiger partial charge in [0, 0.05) is 18.9 Å². The van der Waals surface area contributed by atoms with Crippen molar-refractivity contribution < 1.29 is 0 Å². The fourth-order valence-electron chi connectivity index (χ4n) is 1.29. The molecule has 15 heavy (non-hydrogen) atoms. The minimum Gasteiger partial charge on any atom is -0.373 e. The van der Waals surface area contributed by atoms with E-state index in [4.69, 9.17) is 0 Å². The molecule has 0 aromatic carbocycles. The Labute approximate surface area is 88.4 Å². The average molecular weight is 200 g/mol. The number of nitrogens with zero attached hydrogens (tertiary/aromatic N) is 3. The fourth-order valence-corrected chi connectivity index (χ4v) is 1.29. The SMILES string of the molecule is CNc1ccnc(-c2cccc(C)n2)n1. The van der Waals surface area contributed by atoms with E-state index in [0.29, 0.717) is 5.82 Å². The molecule has 0 spiro atoms. The van der Waals surface area contributed by atoms with Gasteiger partial charge in [-0.1, -0.05) is 6.07 Å². The van der Waals surface area contributed by atoms with Crippen LogP contribution in [0.2, 0.25) is 0 Å². The van der Waals surface area contributed by atoms with Crippen molar-refractivity contribution in [1.82, 2.24) is 15.0 Å². The van der Waals surface area contributed by atoms with E-state index in [-0.39, 0.29) is 0 Å². The molecule has 76 valence electrons. The second kappa shape index (κ2) is 4.04. The molecule has 0 bridgehead atoms. The minimum atomic E-state index is 0.644. The number of aromatic nitrogens is 3. The lowest BCUT2D eigenvalue weighted by Crippen LogP contribution is -1.97. The van der Waals surface area contributed by atoms with Crippen LogP contribution in [-0.4, -0.2) is 22.0 Å². The molecular weight excluding hydrogens is 188 g/mol. The molecule has 1 N–H and O–H groups in total. The molecule has 2 heterocycles. The Balaban J connectivity index is 2.44. The van der Waals surface area contributed by atoms with Gasteiger partial charge < -0.3 is 5.32 Å². The van der Waals surface area contributed by atoms with E-state index in [1.807, 2.05) is 38.2 Å².